The number of benzene rings is 1. The van der Waals surface area contributed by atoms with Crippen LogP contribution in [-0.2, 0) is 4.79 Å². The van der Waals surface area contributed by atoms with Crippen LogP contribution >= 0.6 is 0 Å². The van der Waals surface area contributed by atoms with E-state index in [4.69, 9.17) is 5.11 Å². The molecular formula is C12H12F2N2O3. The lowest BCUT2D eigenvalue weighted by Crippen LogP contribution is -2.51. The SMILES string of the molecule is O=C(O)N[C@H]1CNC(=O)C[C@@H]1c1cc(F)ccc1F. The Balaban J connectivity index is 2.33. The second kappa shape index (κ2) is 5.21. The van der Waals surface area contributed by atoms with Gasteiger partial charge in [-0.2, -0.15) is 0 Å². The summed E-state index contributed by atoms with van der Waals surface area (Å²) >= 11 is 0. The van der Waals surface area contributed by atoms with Gasteiger partial charge in [0.15, 0.2) is 0 Å². The Labute approximate surface area is 107 Å². The van der Waals surface area contributed by atoms with Gasteiger partial charge in [0.25, 0.3) is 0 Å². The zero-order chi connectivity index (χ0) is 14.0. The van der Waals surface area contributed by atoms with Gasteiger partial charge >= 0.3 is 6.09 Å². The third kappa shape index (κ3) is 2.98. The number of rotatable bonds is 2. The second-order valence-electron chi connectivity index (χ2n) is 4.34. The van der Waals surface area contributed by atoms with Crippen LogP contribution in [0, 0.1) is 11.6 Å². The van der Waals surface area contributed by atoms with Crippen LogP contribution in [0.1, 0.15) is 17.9 Å². The number of hydrogen-bond donors (Lipinski definition) is 3. The molecule has 0 unspecified atom stereocenters. The molecule has 0 spiro atoms. The highest BCUT2D eigenvalue weighted by Gasteiger charge is 2.33. The molecule has 1 saturated heterocycles. The Morgan fingerprint density at radius 3 is 2.84 bits per heavy atom. The Morgan fingerprint density at radius 2 is 2.16 bits per heavy atom. The summed E-state index contributed by atoms with van der Waals surface area (Å²) in [4.78, 5) is 22.1. The molecule has 5 nitrogen and oxygen atoms in total. The molecule has 0 aromatic heterocycles. The molecule has 0 radical (unpaired) electrons. The van der Waals surface area contributed by atoms with Crippen LogP contribution in [0.25, 0.3) is 0 Å². The van der Waals surface area contributed by atoms with Crippen LogP contribution in [0.3, 0.4) is 0 Å². The molecular weight excluding hydrogens is 258 g/mol. The Bertz CT molecular complexity index is 522. The Hall–Kier alpha value is -2.18. The van der Waals surface area contributed by atoms with Crippen molar-refractivity contribution in [2.45, 2.75) is 18.4 Å². The van der Waals surface area contributed by atoms with E-state index in [0.29, 0.717) is 0 Å². The number of halogens is 2. The Kier molecular flexibility index (Phi) is 3.64. The summed E-state index contributed by atoms with van der Waals surface area (Å²) in [5, 5.41) is 13.4. The molecule has 1 heterocycles. The standard InChI is InChI=1S/C12H12F2N2O3/c13-6-1-2-9(14)7(3-6)8-4-11(17)15-5-10(8)16-12(18)19/h1-3,8,10,16H,4-5H2,(H,15,17)(H,18,19)/t8-,10+/m1/s1. The van der Waals surface area contributed by atoms with E-state index in [1.807, 2.05) is 0 Å². The number of carbonyl (C=O) groups excluding carboxylic acids is 1. The van der Waals surface area contributed by atoms with Crippen molar-refractivity contribution in [2.24, 2.45) is 0 Å². The van der Waals surface area contributed by atoms with Crippen molar-refractivity contribution >= 4 is 12.0 Å². The molecule has 7 heteroatoms. The number of piperidine rings is 1. The van der Waals surface area contributed by atoms with Crippen molar-refractivity contribution in [3.8, 4) is 0 Å². The fourth-order valence-electron chi connectivity index (χ4n) is 2.22. The van der Waals surface area contributed by atoms with Crippen LogP contribution in [0.4, 0.5) is 13.6 Å². The van der Waals surface area contributed by atoms with E-state index in [0.717, 1.165) is 18.2 Å². The van der Waals surface area contributed by atoms with E-state index in [9.17, 15) is 18.4 Å². The minimum atomic E-state index is -1.28. The maximum Gasteiger partial charge on any atom is 0.404 e. The lowest BCUT2D eigenvalue weighted by atomic mass is 9.85. The first-order valence-electron chi connectivity index (χ1n) is 5.68. The number of carboxylic acid groups (broad SMARTS) is 1. The lowest BCUT2D eigenvalue weighted by Gasteiger charge is -2.31. The first-order chi connectivity index (χ1) is 8.97. The molecule has 1 aromatic carbocycles. The highest BCUT2D eigenvalue weighted by Crippen LogP contribution is 2.28. The maximum atomic E-state index is 13.7. The van der Waals surface area contributed by atoms with E-state index in [2.05, 4.69) is 10.6 Å². The minimum absolute atomic E-state index is 0.00796. The van der Waals surface area contributed by atoms with Crippen LogP contribution in [0.5, 0.6) is 0 Å². The third-order valence-corrected chi connectivity index (χ3v) is 3.08. The Morgan fingerprint density at radius 1 is 1.42 bits per heavy atom. The topological polar surface area (TPSA) is 78.4 Å². The summed E-state index contributed by atoms with van der Waals surface area (Å²) in [7, 11) is 0. The average molecular weight is 270 g/mol. The van der Waals surface area contributed by atoms with E-state index in [1.165, 1.54) is 0 Å². The molecule has 0 bridgehead atoms. The van der Waals surface area contributed by atoms with E-state index < -0.39 is 29.7 Å². The van der Waals surface area contributed by atoms with Crippen molar-refractivity contribution in [1.29, 1.82) is 0 Å². The molecule has 0 aliphatic carbocycles. The predicted octanol–water partition coefficient (Wildman–Crippen LogP) is 1.20. The molecule has 19 heavy (non-hydrogen) atoms. The normalized spacial score (nSPS) is 22.7. The summed E-state index contributed by atoms with van der Waals surface area (Å²) in [5.41, 5.74) is 0.00796. The van der Waals surface area contributed by atoms with E-state index in [1.54, 1.807) is 0 Å². The molecule has 1 fully saturated rings. The fraction of sp³-hybridized carbons (Fsp3) is 0.333. The van der Waals surface area contributed by atoms with Crippen LogP contribution in [-0.4, -0.2) is 29.7 Å². The monoisotopic (exact) mass is 270 g/mol. The summed E-state index contributed by atoms with van der Waals surface area (Å²) in [5.74, 6) is -2.33. The highest BCUT2D eigenvalue weighted by atomic mass is 19.1. The smallest absolute Gasteiger partial charge is 0.404 e. The summed E-state index contributed by atoms with van der Waals surface area (Å²) in [6.45, 7) is 0.0474. The van der Waals surface area contributed by atoms with Gasteiger partial charge in [-0.15, -0.1) is 0 Å². The molecule has 2 rings (SSSR count). The second-order valence-corrected chi connectivity index (χ2v) is 4.34. The quantitative estimate of drug-likeness (QED) is 0.755. The van der Waals surface area contributed by atoms with Crippen molar-refractivity contribution in [3.05, 3.63) is 35.4 Å². The van der Waals surface area contributed by atoms with Gasteiger partial charge in [-0.1, -0.05) is 0 Å². The van der Waals surface area contributed by atoms with Gasteiger partial charge in [0, 0.05) is 18.9 Å². The van der Waals surface area contributed by atoms with E-state index in [-0.39, 0.29) is 24.4 Å². The zero-order valence-corrected chi connectivity index (χ0v) is 9.82. The van der Waals surface area contributed by atoms with Gasteiger partial charge in [0.2, 0.25) is 5.91 Å². The van der Waals surface area contributed by atoms with Gasteiger partial charge in [-0.3, -0.25) is 4.79 Å². The first-order valence-corrected chi connectivity index (χ1v) is 5.68. The predicted molar refractivity (Wildman–Crippen MR) is 61.7 cm³/mol. The number of hydrogen-bond acceptors (Lipinski definition) is 2. The fourth-order valence-corrected chi connectivity index (χ4v) is 2.22. The molecule has 0 saturated carbocycles. The van der Waals surface area contributed by atoms with Crippen LogP contribution in [0.2, 0.25) is 0 Å². The molecule has 1 aromatic rings. The van der Waals surface area contributed by atoms with Crippen LogP contribution in [0.15, 0.2) is 18.2 Å². The van der Waals surface area contributed by atoms with Crippen molar-refractivity contribution in [2.75, 3.05) is 6.54 Å². The highest BCUT2D eigenvalue weighted by molar-refractivity contribution is 5.78. The van der Waals surface area contributed by atoms with Gasteiger partial charge < -0.3 is 15.7 Å². The van der Waals surface area contributed by atoms with Crippen molar-refractivity contribution in [3.63, 3.8) is 0 Å². The van der Waals surface area contributed by atoms with Crippen molar-refractivity contribution < 1.29 is 23.5 Å². The average Bonchev–Trinajstić information content (AvgIpc) is 2.34. The number of carbonyl (C=O) groups is 2. The number of nitrogens with one attached hydrogen (secondary N) is 2. The largest absolute Gasteiger partial charge is 0.465 e. The van der Waals surface area contributed by atoms with Gasteiger partial charge in [0.1, 0.15) is 11.6 Å². The first kappa shape index (κ1) is 13.3. The van der Waals surface area contributed by atoms with Crippen LogP contribution < -0.4 is 10.6 Å². The molecule has 1 aliphatic heterocycles. The summed E-state index contributed by atoms with van der Waals surface area (Å²) < 4.78 is 26.9. The van der Waals surface area contributed by atoms with Gasteiger partial charge in [-0.05, 0) is 23.8 Å². The van der Waals surface area contributed by atoms with Crippen molar-refractivity contribution in [1.82, 2.24) is 10.6 Å². The van der Waals surface area contributed by atoms with Gasteiger partial charge in [0.05, 0.1) is 6.04 Å². The maximum absolute atomic E-state index is 13.7. The molecule has 2 amide bonds. The third-order valence-electron chi connectivity index (χ3n) is 3.08. The van der Waals surface area contributed by atoms with E-state index >= 15 is 0 Å². The molecule has 3 N–H and O–H groups in total. The molecule has 102 valence electrons. The molecule has 1 aliphatic rings. The lowest BCUT2D eigenvalue weighted by molar-refractivity contribution is -0.123. The molecule has 2 atom stereocenters. The zero-order valence-electron chi connectivity index (χ0n) is 9.82. The number of amides is 2. The minimum Gasteiger partial charge on any atom is -0.465 e. The summed E-state index contributed by atoms with van der Waals surface area (Å²) in [6.07, 6.45) is -1.37. The summed E-state index contributed by atoms with van der Waals surface area (Å²) in [6, 6.07) is 2.25. The van der Waals surface area contributed by atoms with Gasteiger partial charge in [-0.25, -0.2) is 13.6 Å².